The quantitative estimate of drug-likeness (QED) is 0.685. The Morgan fingerprint density at radius 1 is 1.29 bits per heavy atom. The van der Waals surface area contributed by atoms with E-state index < -0.39 is 10.9 Å². The van der Waals surface area contributed by atoms with E-state index in [2.05, 4.69) is 4.98 Å². The number of aromatic nitrogens is 1. The van der Waals surface area contributed by atoms with Crippen LogP contribution in [0.25, 0.3) is 0 Å². The molecule has 0 bridgehead atoms. The van der Waals surface area contributed by atoms with Crippen LogP contribution in [0.1, 0.15) is 21.6 Å². The number of rotatable bonds is 4. The predicted molar refractivity (Wildman–Crippen MR) is 73.8 cm³/mol. The number of pyridine rings is 1. The van der Waals surface area contributed by atoms with Crippen LogP contribution in [0.5, 0.6) is 11.5 Å². The van der Waals surface area contributed by atoms with E-state index in [0.717, 1.165) is 0 Å². The summed E-state index contributed by atoms with van der Waals surface area (Å²) < 4.78 is 5.54. The van der Waals surface area contributed by atoms with Crippen molar-refractivity contribution in [1.29, 1.82) is 0 Å². The molecule has 0 radical (unpaired) electrons. The Morgan fingerprint density at radius 2 is 2.00 bits per heavy atom. The van der Waals surface area contributed by atoms with Gasteiger partial charge in [-0.3, -0.25) is 10.1 Å². The van der Waals surface area contributed by atoms with E-state index in [1.807, 2.05) is 0 Å². The van der Waals surface area contributed by atoms with E-state index in [1.165, 1.54) is 24.4 Å². The Morgan fingerprint density at radius 3 is 2.62 bits per heavy atom. The number of hydrogen-bond acceptors (Lipinski definition) is 5. The molecular weight excluding hydrogens is 276 g/mol. The average Bonchev–Trinajstić information content (AvgIpc) is 2.41. The number of hydrogen-bond donors (Lipinski definition) is 1. The summed E-state index contributed by atoms with van der Waals surface area (Å²) >= 11 is 0. The van der Waals surface area contributed by atoms with Crippen LogP contribution < -0.4 is 4.74 Å². The van der Waals surface area contributed by atoms with Crippen molar-refractivity contribution in [3.05, 3.63) is 57.4 Å². The van der Waals surface area contributed by atoms with Crippen molar-refractivity contribution in [3.8, 4) is 11.5 Å². The highest BCUT2D eigenvalue weighted by Gasteiger charge is 2.15. The normalized spacial score (nSPS) is 10.2. The van der Waals surface area contributed by atoms with Crippen molar-refractivity contribution in [2.45, 2.75) is 13.8 Å². The van der Waals surface area contributed by atoms with Crippen LogP contribution in [0.2, 0.25) is 0 Å². The Balaban J connectivity index is 2.39. The molecule has 1 N–H and O–H groups in total. The van der Waals surface area contributed by atoms with Crippen LogP contribution in [-0.2, 0) is 0 Å². The summed E-state index contributed by atoms with van der Waals surface area (Å²) in [5.41, 5.74) is 1.03. The zero-order valence-corrected chi connectivity index (χ0v) is 11.4. The number of ether oxygens (including phenoxy) is 1. The maximum absolute atomic E-state index is 10.9. The minimum absolute atomic E-state index is 0.0527. The molecule has 0 amide bonds. The Bertz CT molecular complexity index is 727. The highest BCUT2D eigenvalue weighted by atomic mass is 16.6. The summed E-state index contributed by atoms with van der Waals surface area (Å²) in [5.74, 6) is -0.620. The van der Waals surface area contributed by atoms with E-state index in [0.29, 0.717) is 16.9 Å². The number of aromatic carboxylic acids is 1. The van der Waals surface area contributed by atoms with Gasteiger partial charge < -0.3 is 9.84 Å². The first-order valence-electron chi connectivity index (χ1n) is 6.01. The first kappa shape index (κ1) is 14.4. The third-order valence-electron chi connectivity index (χ3n) is 2.87. The molecule has 7 nitrogen and oxygen atoms in total. The molecule has 0 aliphatic carbocycles. The van der Waals surface area contributed by atoms with Gasteiger partial charge in [-0.15, -0.1) is 0 Å². The molecule has 7 heteroatoms. The minimum Gasteiger partial charge on any atom is -0.477 e. The zero-order valence-electron chi connectivity index (χ0n) is 11.4. The number of carboxylic acids is 1. The summed E-state index contributed by atoms with van der Waals surface area (Å²) in [7, 11) is 0. The molecule has 2 aromatic rings. The fourth-order valence-electron chi connectivity index (χ4n) is 1.85. The Kier molecular flexibility index (Phi) is 3.84. The van der Waals surface area contributed by atoms with Crippen molar-refractivity contribution in [1.82, 2.24) is 4.98 Å². The van der Waals surface area contributed by atoms with Gasteiger partial charge in [0.1, 0.15) is 11.5 Å². The molecule has 0 aliphatic rings. The van der Waals surface area contributed by atoms with Gasteiger partial charge in [0.05, 0.1) is 11.0 Å². The standard InChI is InChI=1S/C14H12N2O5/c1-8-5-9(2)13(7-12(8)16(19)20)21-10-3-4-15-11(6-10)14(17)18/h3-7H,1-2H3,(H,17,18). The van der Waals surface area contributed by atoms with Gasteiger partial charge in [0, 0.05) is 17.8 Å². The average molecular weight is 288 g/mol. The number of carboxylic acid groups (broad SMARTS) is 1. The summed E-state index contributed by atoms with van der Waals surface area (Å²) in [4.78, 5) is 25.0. The number of nitrogens with zero attached hydrogens (tertiary/aromatic N) is 2. The molecule has 1 heterocycles. The fraction of sp³-hybridized carbons (Fsp3) is 0.143. The molecule has 0 unspecified atom stereocenters. The number of nitro benzene ring substituents is 1. The van der Waals surface area contributed by atoms with E-state index in [1.54, 1.807) is 19.9 Å². The second kappa shape index (κ2) is 5.58. The highest BCUT2D eigenvalue weighted by molar-refractivity contribution is 5.85. The molecule has 1 aromatic heterocycles. The van der Waals surface area contributed by atoms with Gasteiger partial charge in [0.2, 0.25) is 0 Å². The topological polar surface area (TPSA) is 103 Å². The lowest BCUT2D eigenvalue weighted by Gasteiger charge is -2.10. The zero-order chi connectivity index (χ0) is 15.6. The van der Waals surface area contributed by atoms with E-state index in [-0.39, 0.29) is 17.1 Å². The van der Waals surface area contributed by atoms with Crippen molar-refractivity contribution in [3.63, 3.8) is 0 Å². The van der Waals surface area contributed by atoms with Crippen LogP contribution in [-0.4, -0.2) is 21.0 Å². The third-order valence-corrected chi connectivity index (χ3v) is 2.87. The first-order valence-corrected chi connectivity index (χ1v) is 6.01. The molecule has 108 valence electrons. The SMILES string of the molecule is Cc1cc(C)c([N+](=O)[O-])cc1Oc1ccnc(C(=O)O)c1. The molecule has 1 aromatic carbocycles. The molecule has 21 heavy (non-hydrogen) atoms. The third kappa shape index (κ3) is 3.14. The van der Waals surface area contributed by atoms with Crippen LogP contribution in [0.4, 0.5) is 5.69 Å². The van der Waals surface area contributed by atoms with Gasteiger partial charge in [-0.2, -0.15) is 0 Å². The molecule has 0 aliphatic heterocycles. The number of benzene rings is 1. The maximum atomic E-state index is 10.9. The molecule has 0 atom stereocenters. The number of aryl methyl sites for hydroxylation is 2. The number of nitro groups is 1. The molecular formula is C14H12N2O5. The summed E-state index contributed by atoms with van der Waals surface area (Å²) in [6, 6.07) is 5.71. The molecule has 0 spiro atoms. The summed E-state index contributed by atoms with van der Waals surface area (Å²) in [5, 5.41) is 19.8. The van der Waals surface area contributed by atoms with Crippen molar-refractivity contribution in [2.75, 3.05) is 0 Å². The van der Waals surface area contributed by atoms with Gasteiger partial charge in [-0.1, -0.05) is 0 Å². The monoisotopic (exact) mass is 288 g/mol. The van der Waals surface area contributed by atoms with Crippen LogP contribution in [0, 0.1) is 24.0 Å². The predicted octanol–water partition coefficient (Wildman–Crippen LogP) is 3.10. The lowest BCUT2D eigenvalue weighted by molar-refractivity contribution is -0.385. The van der Waals surface area contributed by atoms with Crippen LogP contribution >= 0.6 is 0 Å². The van der Waals surface area contributed by atoms with Gasteiger partial charge in [0.25, 0.3) is 5.69 Å². The molecule has 0 saturated heterocycles. The minimum atomic E-state index is -1.17. The Labute approximate surface area is 120 Å². The molecule has 0 saturated carbocycles. The first-order chi connectivity index (χ1) is 9.88. The van der Waals surface area contributed by atoms with Crippen LogP contribution in [0.3, 0.4) is 0 Å². The molecule has 0 fully saturated rings. The largest absolute Gasteiger partial charge is 0.477 e. The van der Waals surface area contributed by atoms with Gasteiger partial charge in [-0.25, -0.2) is 9.78 Å². The van der Waals surface area contributed by atoms with Crippen molar-refractivity contribution < 1.29 is 19.6 Å². The summed E-state index contributed by atoms with van der Waals surface area (Å²) in [6.07, 6.45) is 1.30. The lowest BCUT2D eigenvalue weighted by atomic mass is 10.1. The van der Waals surface area contributed by atoms with Crippen LogP contribution in [0.15, 0.2) is 30.5 Å². The highest BCUT2D eigenvalue weighted by Crippen LogP contribution is 2.31. The second-order valence-corrected chi connectivity index (χ2v) is 4.45. The second-order valence-electron chi connectivity index (χ2n) is 4.45. The van der Waals surface area contributed by atoms with Crippen molar-refractivity contribution >= 4 is 11.7 Å². The smallest absolute Gasteiger partial charge is 0.354 e. The van der Waals surface area contributed by atoms with Crippen molar-refractivity contribution in [2.24, 2.45) is 0 Å². The maximum Gasteiger partial charge on any atom is 0.354 e. The summed E-state index contributed by atoms with van der Waals surface area (Å²) in [6.45, 7) is 3.40. The van der Waals surface area contributed by atoms with Gasteiger partial charge in [-0.05, 0) is 31.5 Å². The lowest BCUT2D eigenvalue weighted by Crippen LogP contribution is -2.00. The van der Waals surface area contributed by atoms with Gasteiger partial charge >= 0.3 is 5.97 Å². The van der Waals surface area contributed by atoms with Gasteiger partial charge in [0.15, 0.2) is 5.69 Å². The van der Waals surface area contributed by atoms with E-state index in [9.17, 15) is 14.9 Å². The molecule has 2 rings (SSSR count). The number of carbonyl (C=O) groups is 1. The van der Waals surface area contributed by atoms with E-state index >= 15 is 0 Å². The fourth-order valence-corrected chi connectivity index (χ4v) is 1.85. The van der Waals surface area contributed by atoms with E-state index in [4.69, 9.17) is 9.84 Å². The Hall–Kier alpha value is -2.96.